The fourth-order valence-electron chi connectivity index (χ4n) is 4.92. The summed E-state index contributed by atoms with van der Waals surface area (Å²) in [7, 11) is 3.22. The number of imidazole rings is 1. The average molecular weight is 555 g/mol. The lowest BCUT2D eigenvalue weighted by atomic mass is 9.87. The highest BCUT2D eigenvalue weighted by atomic mass is 35.5. The van der Waals surface area contributed by atoms with Crippen molar-refractivity contribution in [1.29, 1.82) is 0 Å². The quantitative estimate of drug-likeness (QED) is 0.348. The van der Waals surface area contributed by atoms with Crippen LogP contribution in [0.5, 0.6) is 0 Å². The summed E-state index contributed by atoms with van der Waals surface area (Å²) in [6, 6.07) is 12.8. The maximum absolute atomic E-state index is 16.2. The zero-order valence-electron chi connectivity index (χ0n) is 21.2. The number of aryl methyl sites for hydroxylation is 2. The van der Waals surface area contributed by atoms with Crippen LogP contribution < -0.4 is 0 Å². The molecule has 196 valence electrons. The summed E-state index contributed by atoms with van der Waals surface area (Å²) in [6.45, 7) is 3.33. The zero-order chi connectivity index (χ0) is 27.4. The van der Waals surface area contributed by atoms with Gasteiger partial charge in [-0.25, -0.2) is 9.37 Å². The number of aromatic nitrogens is 3. The van der Waals surface area contributed by atoms with Crippen molar-refractivity contribution in [2.24, 2.45) is 7.05 Å². The summed E-state index contributed by atoms with van der Waals surface area (Å²) in [5.74, 6) is -0.509. The fourth-order valence-corrected chi connectivity index (χ4v) is 5.15. The number of rotatable bonds is 6. The molecule has 4 aromatic rings. The second-order valence-electron chi connectivity index (χ2n) is 9.45. The Morgan fingerprint density at radius 2 is 1.82 bits per heavy atom. The molecule has 0 saturated heterocycles. The lowest BCUT2D eigenvalue weighted by Crippen LogP contribution is -2.46. The van der Waals surface area contributed by atoms with Gasteiger partial charge in [0.25, 0.3) is 5.91 Å². The van der Waals surface area contributed by atoms with Crippen LogP contribution in [0.3, 0.4) is 0 Å². The number of benzene rings is 2. The number of ether oxygens (including phenoxy) is 1. The maximum Gasteiger partial charge on any atom is 0.257 e. The number of hydrogen-bond donors (Lipinski definition) is 1. The smallest absolute Gasteiger partial charge is 0.257 e. The first-order valence-corrected chi connectivity index (χ1v) is 12.6. The highest BCUT2D eigenvalue weighted by molar-refractivity contribution is 6.30. The molecule has 2 atom stereocenters. The van der Waals surface area contributed by atoms with Crippen molar-refractivity contribution in [3.63, 3.8) is 0 Å². The van der Waals surface area contributed by atoms with Crippen molar-refractivity contribution in [2.75, 3.05) is 7.11 Å². The van der Waals surface area contributed by atoms with E-state index in [0.717, 1.165) is 0 Å². The van der Waals surface area contributed by atoms with E-state index in [4.69, 9.17) is 27.9 Å². The van der Waals surface area contributed by atoms with E-state index in [2.05, 4.69) is 9.97 Å². The van der Waals surface area contributed by atoms with E-state index in [1.807, 2.05) is 0 Å². The summed E-state index contributed by atoms with van der Waals surface area (Å²) in [4.78, 5) is 24.2. The largest absolute Gasteiger partial charge is 0.379 e. The predicted octanol–water partition coefficient (Wildman–Crippen LogP) is 5.33. The van der Waals surface area contributed by atoms with Gasteiger partial charge in [-0.15, -0.1) is 0 Å². The van der Waals surface area contributed by atoms with E-state index in [9.17, 15) is 9.90 Å². The highest BCUT2D eigenvalue weighted by Crippen LogP contribution is 2.48. The van der Waals surface area contributed by atoms with Crippen molar-refractivity contribution in [2.45, 2.75) is 31.7 Å². The van der Waals surface area contributed by atoms with Gasteiger partial charge in [-0.1, -0.05) is 35.3 Å². The normalized spacial score (nSPS) is 18.5. The molecule has 38 heavy (non-hydrogen) atoms. The predicted molar refractivity (Wildman–Crippen MR) is 141 cm³/mol. The van der Waals surface area contributed by atoms with Crippen LogP contribution in [0.1, 0.15) is 51.2 Å². The maximum atomic E-state index is 16.2. The van der Waals surface area contributed by atoms with Gasteiger partial charge in [-0.3, -0.25) is 14.7 Å². The molecule has 5 rings (SSSR count). The zero-order valence-corrected chi connectivity index (χ0v) is 22.7. The third-order valence-corrected chi connectivity index (χ3v) is 7.57. The molecule has 1 N–H and O–H groups in total. The van der Waals surface area contributed by atoms with Gasteiger partial charge in [0.1, 0.15) is 17.2 Å². The summed E-state index contributed by atoms with van der Waals surface area (Å²) < 4.78 is 24.0. The van der Waals surface area contributed by atoms with Crippen LogP contribution in [0.4, 0.5) is 4.39 Å². The molecule has 7 nitrogen and oxygen atoms in total. The Balaban J connectivity index is 1.71. The molecule has 1 amide bonds. The summed E-state index contributed by atoms with van der Waals surface area (Å²) in [5.41, 5.74) is -1.62. The van der Waals surface area contributed by atoms with Crippen molar-refractivity contribution >= 4 is 29.1 Å². The molecule has 3 heterocycles. The Kier molecular flexibility index (Phi) is 6.55. The molecule has 1 unspecified atom stereocenters. The number of hydrogen-bond acceptors (Lipinski definition) is 5. The number of carbonyl (C=O) groups excluding carboxylic acids is 1. The monoisotopic (exact) mass is 554 g/mol. The van der Waals surface area contributed by atoms with Crippen molar-refractivity contribution in [3.8, 4) is 0 Å². The fraction of sp³-hybridized carbons (Fsp3) is 0.250. The number of amides is 1. The van der Waals surface area contributed by atoms with Crippen molar-refractivity contribution < 1.29 is 19.0 Å². The van der Waals surface area contributed by atoms with E-state index in [0.29, 0.717) is 32.8 Å². The van der Waals surface area contributed by atoms with Crippen LogP contribution in [0, 0.1) is 12.7 Å². The topological polar surface area (TPSA) is 80.5 Å². The lowest BCUT2D eigenvalue weighted by Gasteiger charge is -2.38. The van der Waals surface area contributed by atoms with E-state index in [1.54, 1.807) is 61.1 Å². The minimum atomic E-state index is -1.66. The number of nitrogens with zero attached hydrogens (tertiary/aromatic N) is 4. The number of aliphatic hydroxyl groups is 1. The first-order chi connectivity index (χ1) is 18.0. The Hall–Kier alpha value is -3.30. The molecular weight excluding hydrogens is 530 g/mol. The van der Waals surface area contributed by atoms with Gasteiger partial charge in [-0.2, -0.15) is 0 Å². The molecule has 1 aliphatic rings. The van der Waals surface area contributed by atoms with Crippen LogP contribution in [0.15, 0.2) is 60.9 Å². The minimum absolute atomic E-state index is 0.00570. The molecule has 0 spiro atoms. The average Bonchev–Trinajstić information content (AvgIpc) is 3.36. The molecule has 2 aromatic heterocycles. The first-order valence-electron chi connectivity index (χ1n) is 11.8. The van der Waals surface area contributed by atoms with Crippen molar-refractivity contribution in [1.82, 2.24) is 19.4 Å². The van der Waals surface area contributed by atoms with Gasteiger partial charge in [0.2, 0.25) is 0 Å². The molecule has 2 aromatic carbocycles. The summed E-state index contributed by atoms with van der Waals surface area (Å²) >= 11 is 12.1. The van der Waals surface area contributed by atoms with Crippen LogP contribution >= 0.6 is 23.2 Å². The van der Waals surface area contributed by atoms with Gasteiger partial charge in [0.15, 0.2) is 5.72 Å². The van der Waals surface area contributed by atoms with E-state index in [1.165, 1.54) is 37.3 Å². The van der Waals surface area contributed by atoms with Crippen LogP contribution in [0.2, 0.25) is 10.0 Å². The third-order valence-electron chi connectivity index (χ3n) is 7.09. The Morgan fingerprint density at radius 3 is 2.39 bits per heavy atom. The highest BCUT2D eigenvalue weighted by Gasteiger charge is 2.54. The summed E-state index contributed by atoms with van der Waals surface area (Å²) in [5, 5.41) is 12.4. The molecule has 0 aliphatic carbocycles. The number of carbonyl (C=O) groups is 1. The number of halogens is 3. The van der Waals surface area contributed by atoms with Crippen LogP contribution in [-0.2, 0) is 29.7 Å². The van der Waals surface area contributed by atoms with Gasteiger partial charge >= 0.3 is 0 Å². The minimum Gasteiger partial charge on any atom is -0.379 e. The van der Waals surface area contributed by atoms with Crippen molar-refractivity contribution in [3.05, 3.63) is 116 Å². The first kappa shape index (κ1) is 26.3. The van der Waals surface area contributed by atoms with Gasteiger partial charge < -0.3 is 14.4 Å². The summed E-state index contributed by atoms with van der Waals surface area (Å²) in [6.07, 6.45) is 3.15. The van der Waals surface area contributed by atoms with Crippen LogP contribution in [-0.4, -0.2) is 37.6 Å². The SMILES string of the molecule is CO[C@]1(c2ccc(Cl)cc2)c2c(F)cc(C(C)(O)c3cn(C)c(C)n3)cc2C(=O)N1Cc1ccc(Cl)cn1. The molecule has 0 radical (unpaired) electrons. The Bertz CT molecular complexity index is 1520. The Labute approximate surface area is 229 Å². The second kappa shape index (κ2) is 9.47. The molecule has 1 aliphatic heterocycles. The molecule has 10 heteroatoms. The van der Waals surface area contributed by atoms with Gasteiger partial charge in [-0.05, 0) is 55.8 Å². The third kappa shape index (κ3) is 4.08. The van der Waals surface area contributed by atoms with Gasteiger partial charge in [0, 0.05) is 37.1 Å². The molecule has 0 saturated carbocycles. The second-order valence-corrected chi connectivity index (χ2v) is 10.3. The van der Waals surface area contributed by atoms with E-state index >= 15 is 4.39 Å². The number of pyridine rings is 1. The lowest BCUT2D eigenvalue weighted by molar-refractivity contribution is -0.0886. The molecule has 0 fully saturated rings. The Morgan fingerprint density at radius 1 is 1.13 bits per heavy atom. The number of fused-ring (bicyclic) bond motifs is 1. The molecular formula is C28H25Cl2FN4O3. The van der Waals surface area contributed by atoms with Gasteiger partial charge in [0.05, 0.1) is 34.1 Å². The molecule has 0 bridgehead atoms. The standard InChI is InChI=1S/C28H25Cl2FN4O3/c1-16-33-24(15-34(16)3)27(2,37)18-11-22-25(23(31)12-18)28(38-4,17-5-7-19(29)8-6-17)35(26(22)36)14-21-10-9-20(30)13-32-21/h5-13,15,37H,14H2,1-4H3/t27?,28-/m1/s1. The van der Waals surface area contributed by atoms with Crippen LogP contribution in [0.25, 0.3) is 0 Å². The number of methoxy groups -OCH3 is 1. The van der Waals surface area contributed by atoms with E-state index in [-0.39, 0.29) is 23.2 Å². The van der Waals surface area contributed by atoms with E-state index < -0.39 is 23.1 Å².